The number of nitrogens with two attached hydrogens (primary N) is 1. The largest absolute Gasteiger partial charge is 0.495 e. The Labute approximate surface area is 107 Å². The summed E-state index contributed by atoms with van der Waals surface area (Å²) in [5, 5.41) is 0. The van der Waals surface area contributed by atoms with Crippen molar-refractivity contribution in [1.29, 1.82) is 0 Å². The first kappa shape index (κ1) is 14.6. The van der Waals surface area contributed by atoms with Gasteiger partial charge in [-0.25, -0.2) is 8.42 Å². The average Bonchev–Trinajstić information content (AvgIpc) is 2.29. The predicted molar refractivity (Wildman–Crippen MR) is 71.3 cm³/mol. The van der Waals surface area contributed by atoms with E-state index in [4.69, 9.17) is 15.2 Å². The first-order valence-corrected chi connectivity index (χ1v) is 7.15. The predicted octanol–water partition coefficient (Wildman–Crippen LogP) is 1.06. The summed E-state index contributed by atoms with van der Waals surface area (Å²) in [6.45, 7) is 2.44. The molecule has 6 nitrogen and oxygen atoms in total. The summed E-state index contributed by atoms with van der Waals surface area (Å²) in [5.74, 6) is 0.308. The third-order valence-electron chi connectivity index (χ3n) is 2.19. The van der Waals surface area contributed by atoms with E-state index in [1.54, 1.807) is 19.1 Å². The van der Waals surface area contributed by atoms with Crippen LogP contribution in [0.2, 0.25) is 0 Å². The molecule has 7 heteroatoms. The maximum atomic E-state index is 11.8. The molecule has 0 radical (unpaired) electrons. The molecule has 18 heavy (non-hydrogen) atoms. The maximum absolute atomic E-state index is 11.8. The lowest BCUT2D eigenvalue weighted by atomic mass is 10.2. The van der Waals surface area contributed by atoms with E-state index in [9.17, 15) is 8.42 Å². The van der Waals surface area contributed by atoms with Crippen LogP contribution in [0.3, 0.4) is 0 Å². The van der Waals surface area contributed by atoms with E-state index >= 15 is 0 Å². The van der Waals surface area contributed by atoms with Gasteiger partial charge in [0.2, 0.25) is 10.0 Å². The molecular weight excluding hydrogens is 256 g/mol. The van der Waals surface area contributed by atoms with Gasteiger partial charge < -0.3 is 15.2 Å². The highest BCUT2D eigenvalue weighted by Gasteiger charge is 2.13. The molecule has 0 spiro atoms. The molecule has 102 valence electrons. The van der Waals surface area contributed by atoms with Crippen molar-refractivity contribution in [2.45, 2.75) is 6.92 Å². The lowest BCUT2D eigenvalue weighted by Crippen LogP contribution is -2.20. The van der Waals surface area contributed by atoms with E-state index in [1.807, 2.05) is 0 Å². The van der Waals surface area contributed by atoms with Gasteiger partial charge in [0.15, 0.2) is 0 Å². The molecule has 0 fully saturated rings. The minimum atomic E-state index is -3.47. The highest BCUT2D eigenvalue weighted by molar-refractivity contribution is 7.92. The Morgan fingerprint density at radius 3 is 2.72 bits per heavy atom. The number of hydrogen-bond acceptors (Lipinski definition) is 5. The van der Waals surface area contributed by atoms with Crippen molar-refractivity contribution in [1.82, 2.24) is 0 Å². The van der Waals surface area contributed by atoms with Crippen LogP contribution in [0, 0.1) is 0 Å². The molecule has 1 aromatic carbocycles. The molecule has 0 saturated heterocycles. The van der Waals surface area contributed by atoms with Crippen LogP contribution in [0.1, 0.15) is 6.92 Å². The molecule has 0 amide bonds. The van der Waals surface area contributed by atoms with Gasteiger partial charge >= 0.3 is 0 Å². The van der Waals surface area contributed by atoms with Gasteiger partial charge in [-0.1, -0.05) is 0 Å². The van der Waals surface area contributed by atoms with E-state index in [0.717, 1.165) is 0 Å². The van der Waals surface area contributed by atoms with Gasteiger partial charge in [0.05, 0.1) is 25.2 Å². The summed E-state index contributed by atoms with van der Waals surface area (Å²) in [6, 6.07) is 4.75. The molecule has 0 atom stereocenters. The van der Waals surface area contributed by atoms with Gasteiger partial charge in [-0.3, -0.25) is 4.72 Å². The zero-order valence-corrected chi connectivity index (χ0v) is 11.3. The number of rotatable bonds is 7. The van der Waals surface area contributed by atoms with E-state index < -0.39 is 10.0 Å². The fourth-order valence-electron chi connectivity index (χ4n) is 1.34. The molecule has 0 aliphatic rings. The summed E-state index contributed by atoms with van der Waals surface area (Å²) < 4.78 is 36.0. The molecule has 0 unspecified atom stereocenters. The van der Waals surface area contributed by atoms with Crippen molar-refractivity contribution in [3.8, 4) is 5.75 Å². The van der Waals surface area contributed by atoms with E-state index in [0.29, 0.717) is 23.7 Å². The van der Waals surface area contributed by atoms with Gasteiger partial charge in [0.25, 0.3) is 0 Å². The molecule has 0 aliphatic carbocycles. The smallest absolute Gasteiger partial charge is 0.235 e. The Hall–Kier alpha value is -1.47. The number of sulfonamides is 1. The highest BCUT2D eigenvalue weighted by atomic mass is 32.2. The molecule has 1 rings (SSSR count). The first-order chi connectivity index (χ1) is 8.48. The molecule has 0 saturated carbocycles. The van der Waals surface area contributed by atoms with Crippen molar-refractivity contribution < 1.29 is 17.9 Å². The molecule has 0 aromatic heterocycles. The lowest BCUT2D eigenvalue weighted by Gasteiger charge is -2.12. The molecule has 0 bridgehead atoms. The minimum Gasteiger partial charge on any atom is -0.495 e. The normalized spacial score (nSPS) is 11.2. The van der Waals surface area contributed by atoms with Crippen molar-refractivity contribution in [2.75, 3.05) is 36.5 Å². The van der Waals surface area contributed by atoms with Crippen LogP contribution in [0.5, 0.6) is 5.75 Å². The molecular formula is C11H18N2O4S. The summed E-state index contributed by atoms with van der Waals surface area (Å²) >= 11 is 0. The van der Waals surface area contributed by atoms with Crippen molar-refractivity contribution >= 4 is 21.4 Å². The van der Waals surface area contributed by atoms with Crippen LogP contribution in [0.25, 0.3) is 0 Å². The summed E-state index contributed by atoms with van der Waals surface area (Å²) in [5.41, 5.74) is 6.39. The quantitative estimate of drug-likeness (QED) is 0.573. The monoisotopic (exact) mass is 274 g/mol. The zero-order chi connectivity index (χ0) is 13.6. The van der Waals surface area contributed by atoms with Crippen LogP contribution in [-0.2, 0) is 14.8 Å². The van der Waals surface area contributed by atoms with Crippen LogP contribution < -0.4 is 15.2 Å². The third kappa shape index (κ3) is 4.42. The first-order valence-electron chi connectivity index (χ1n) is 5.50. The fraction of sp³-hybridized carbons (Fsp3) is 0.455. The summed E-state index contributed by atoms with van der Waals surface area (Å²) in [7, 11) is -2.00. The molecule has 1 aromatic rings. The van der Waals surface area contributed by atoms with E-state index in [2.05, 4.69) is 4.72 Å². The standard InChI is InChI=1S/C11H18N2O4S/c1-3-17-6-7-18(14,15)13-10-8-9(12)4-5-11(10)16-2/h4-5,8,13H,3,6-7,12H2,1-2H3. The number of methoxy groups -OCH3 is 1. The van der Waals surface area contributed by atoms with Gasteiger partial charge in [0.1, 0.15) is 5.75 Å². The summed E-state index contributed by atoms with van der Waals surface area (Å²) in [6.07, 6.45) is 0. The van der Waals surface area contributed by atoms with Crippen LogP contribution >= 0.6 is 0 Å². The van der Waals surface area contributed by atoms with Gasteiger partial charge in [-0.2, -0.15) is 0 Å². The number of anilines is 2. The van der Waals surface area contributed by atoms with Crippen LogP contribution in [-0.4, -0.2) is 34.5 Å². The van der Waals surface area contributed by atoms with E-state index in [1.165, 1.54) is 13.2 Å². The van der Waals surface area contributed by atoms with Crippen molar-refractivity contribution in [3.63, 3.8) is 0 Å². The minimum absolute atomic E-state index is 0.112. The second kappa shape index (κ2) is 6.46. The number of nitrogens with one attached hydrogen (secondary N) is 1. The number of benzene rings is 1. The Balaban J connectivity index is 2.79. The SMILES string of the molecule is CCOCCS(=O)(=O)Nc1cc(N)ccc1OC. The van der Waals surface area contributed by atoms with Gasteiger partial charge in [0, 0.05) is 12.3 Å². The number of hydrogen-bond donors (Lipinski definition) is 2. The lowest BCUT2D eigenvalue weighted by molar-refractivity contribution is 0.163. The van der Waals surface area contributed by atoms with E-state index in [-0.39, 0.29) is 12.4 Å². The van der Waals surface area contributed by atoms with Crippen molar-refractivity contribution in [3.05, 3.63) is 18.2 Å². The third-order valence-corrected chi connectivity index (χ3v) is 3.42. The Morgan fingerprint density at radius 1 is 1.39 bits per heavy atom. The Bertz CT molecular complexity index is 488. The number of nitrogen functional groups attached to an aromatic ring is 1. The Kier molecular flexibility index (Phi) is 5.24. The zero-order valence-electron chi connectivity index (χ0n) is 10.5. The number of ether oxygens (including phenoxy) is 2. The van der Waals surface area contributed by atoms with Crippen LogP contribution in [0.4, 0.5) is 11.4 Å². The maximum Gasteiger partial charge on any atom is 0.235 e. The Morgan fingerprint density at radius 2 is 2.11 bits per heavy atom. The van der Waals surface area contributed by atoms with Gasteiger partial charge in [-0.05, 0) is 25.1 Å². The summed E-state index contributed by atoms with van der Waals surface area (Å²) in [4.78, 5) is 0. The second-order valence-electron chi connectivity index (χ2n) is 3.58. The molecule has 0 aliphatic heterocycles. The van der Waals surface area contributed by atoms with Gasteiger partial charge in [-0.15, -0.1) is 0 Å². The second-order valence-corrected chi connectivity index (χ2v) is 5.42. The topological polar surface area (TPSA) is 90.7 Å². The molecule has 0 heterocycles. The van der Waals surface area contributed by atoms with Crippen molar-refractivity contribution in [2.24, 2.45) is 0 Å². The average molecular weight is 274 g/mol. The highest BCUT2D eigenvalue weighted by Crippen LogP contribution is 2.27. The fourth-order valence-corrected chi connectivity index (χ4v) is 2.27. The van der Waals surface area contributed by atoms with Crippen LogP contribution in [0.15, 0.2) is 18.2 Å². The molecule has 3 N–H and O–H groups in total.